The Morgan fingerprint density at radius 3 is 2.83 bits per heavy atom. The lowest BCUT2D eigenvalue weighted by molar-refractivity contribution is -0.122. The van der Waals surface area contributed by atoms with Crippen molar-refractivity contribution in [2.45, 2.75) is 57.9 Å². The number of aromatic nitrogens is 1. The van der Waals surface area contributed by atoms with Gasteiger partial charge in [-0.2, -0.15) is 0 Å². The molecule has 1 aliphatic carbocycles. The van der Waals surface area contributed by atoms with Crippen LogP contribution in [0, 0.1) is 5.41 Å². The lowest BCUT2D eigenvalue weighted by Crippen LogP contribution is -2.44. The summed E-state index contributed by atoms with van der Waals surface area (Å²) < 4.78 is 0. The largest absolute Gasteiger partial charge is 0.353 e. The van der Waals surface area contributed by atoms with Crippen molar-refractivity contribution < 1.29 is 4.79 Å². The molecule has 1 aromatic carbocycles. The maximum atomic E-state index is 12.4. The Morgan fingerprint density at radius 1 is 1.33 bits per heavy atom. The van der Waals surface area contributed by atoms with E-state index < -0.39 is 0 Å². The van der Waals surface area contributed by atoms with E-state index in [1.54, 1.807) is 11.3 Å². The van der Waals surface area contributed by atoms with E-state index in [-0.39, 0.29) is 11.9 Å². The molecule has 2 unspecified atom stereocenters. The molecule has 0 aliphatic heterocycles. The zero-order valence-corrected chi connectivity index (χ0v) is 15.3. The molecular weight excluding hydrogens is 316 g/mol. The first-order valence-electron chi connectivity index (χ1n) is 8.75. The summed E-state index contributed by atoms with van der Waals surface area (Å²) in [4.78, 5) is 16.7. The van der Waals surface area contributed by atoms with Crippen LogP contribution in [0.15, 0.2) is 41.2 Å². The van der Waals surface area contributed by atoms with Gasteiger partial charge in [-0.25, -0.2) is 4.98 Å². The first-order valence-corrected chi connectivity index (χ1v) is 9.69. The minimum absolute atomic E-state index is 0.147. The topological polar surface area (TPSA) is 42.0 Å². The van der Waals surface area contributed by atoms with Gasteiger partial charge >= 0.3 is 0 Å². The van der Waals surface area contributed by atoms with Gasteiger partial charge in [-0.1, -0.05) is 44.2 Å². The van der Waals surface area contributed by atoms with Crippen molar-refractivity contribution in [3.63, 3.8) is 0 Å². The van der Waals surface area contributed by atoms with Gasteiger partial charge < -0.3 is 5.32 Å². The summed E-state index contributed by atoms with van der Waals surface area (Å²) in [7, 11) is 0. The second kappa shape index (κ2) is 7.47. The molecule has 3 nitrogen and oxygen atoms in total. The number of rotatable bonds is 5. The molecule has 128 valence electrons. The van der Waals surface area contributed by atoms with Gasteiger partial charge in [-0.3, -0.25) is 4.79 Å². The van der Waals surface area contributed by atoms with Crippen LogP contribution in [0.4, 0.5) is 0 Å². The van der Waals surface area contributed by atoms with Gasteiger partial charge in [-0.05, 0) is 36.7 Å². The number of nitrogens with zero attached hydrogens (tertiary/aromatic N) is 1. The zero-order chi connectivity index (χ0) is 17.0. The smallest absolute Gasteiger partial charge is 0.220 e. The summed E-state index contributed by atoms with van der Waals surface area (Å²) in [5, 5.41) is 5.32. The van der Waals surface area contributed by atoms with Gasteiger partial charge in [-0.15, -0.1) is 11.3 Å². The summed E-state index contributed by atoms with van der Waals surface area (Å²) in [5.41, 5.74) is 4.51. The predicted octanol–water partition coefficient (Wildman–Crippen LogP) is 4.55. The minimum atomic E-state index is 0.147. The first kappa shape index (κ1) is 17.2. The fraction of sp³-hybridized carbons (Fsp3) is 0.500. The van der Waals surface area contributed by atoms with Gasteiger partial charge in [0.15, 0.2) is 0 Å². The highest BCUT2D eigenvalue weighted by Gasteiger charge is 2.36. The van der Waals surface area contributed by atoms with E-state index in [2.05, 4.69) is 54.5 Å². The Hall–Kier alpha value is -1.68. The number of hydrogen-bond donors (Lipinski definition) is 1. The predicted molar refractivity (Wildman–Crippen MR) is 99.2 cm³/mol. The van der Waals surface area contributed by atoms with E-state index >= 15 is 0 Å². The molecule has 0 bridgehead atoms. The lowest BCUT2D eigenvalue weighted by atomic mass is 9.68. The Balaban J connectivity index is 1.64. The zero-order valence-electron chi connectivity index (χ0n) is 14.5. The van der Waals surface area contributed by atoms with Gasteiger partial charge in [0.25, 0.3) is 0 Å². The molecular formula is C20H26N2OS. The number of amides is 1. The monoisotopic (exact) mass is 342 g/mol. The van der Waals surface area contributed by atoms with Crippen molar-refractivity contribution in [1.82, 2.24) is 10.3 Å². The Kier molecular flexibility index (Phi) is 5.34. The van der Waals surface area contributed by atoms with Crippen molar-refractivity contribution in [2.24, 2.45) is 5.41 Å². The average Bonchev–Trinajstić information content (AvgIpc) is 3.09. The number of carbonyl (C=O) groups is 1. The van der Waals surface area contributed by atoms with E-state index in [0.29, 0.717) is 17.8 Å². The second-order valence-electron chi connectivity index (χ2n) is 7.58. The molecule has 1 saturated carbocycles. The average molecular weight is 343 g/mol. The molecule has 24 heavy (non-hydrogen) atoms. The van der Waals surface area contributed by atoms with Gasteiger partial charge in [0.2, 0.25) is 5.91 Å². The van der Waals surface area contributed by atoms with Crippen LogP contribution >= 0.6 is 11.3 Å². The van der Waals surface area contributed by atoms with Crippen LogP contribution in [-0.4, -0.2) is 16.9 Å². The second-order valence-corrected chi connectivity index (χ2v) is 8.30. The number of thiazole rings is 1. The van der Waals surface area contributed by atoms with Crippen LogP contribution in [0.2, 0.25) is 0 Å². The van der Waals surface area contributed by atoms with E-state index in [0.717, 1.165) is 31.4 Å². The van der Waals surface area contributed by atoms with Crippen LogP contribution < -0.4 is 5.32 Å². The number of hydrogen-bond acceptors (Lipinski definition) is 3. The van der Waals surface area contributed by atoms with E-state index in [1.807, 2.05) is 10.9 Å². The van der Waals surface area contributed by atoms with Gasteiger partial charge in [0.05, 0.1) is 11.2 Å². The van der Waals surface area contributed by atoms with Crippen molar-refractivity contribution in [3.05, 3.63) is 52.5 Å². The van der Waals surface area contributed by atoms with Crippen molar-refractivity contribution in [1.29, 1.82) is 0 Å². The van der Waals surface area contributed by atoms with Crippen LogP contribution in [0.25, 0.3) is 0 Å². The SMILES string of the molecule is CC1(C)CCC(NC(=O)CCc2cscn2)C(c2ccccc2)C1. The van der Waals surface area contributed by atoms with E-state index in [9.17, 15) is 4.79 Å². The fourth-order valence-electron chi connectivity index (χ4n) is 3.69. The molecule has 2 aromatic rings. The van der Waals surface area contributed by atoms with E-state index in [4.69, 9.17) is 0 Å². The molecule has 1 fully saturated rings. The van der Waals surface area contributed by atoms with Gasteiger partial charge in [0.1, 0.15) is 0 Å². The third-order valence-corrected chi connectivity index (χ3v) is 5.69. The molecule has 0 radical (unpaired) electrons. The molecule has 0 spiro atoms. The molecule has 1 N–H and O–H groups in total. The number of nitrogens with one attached hydrogen (secondary N) is 1. The summed E-state index contributed by atoms with van der Waals surface area (Å²) in [6.45, 7) is 4.67. The first-order chi connectivity index (χ1) is 11.5. The summed E-state index contributed by atoms with van der Waals surface area (Å²) in [5.74, 6) is 0.548. The highest BCUT2D eigenvalue weighted by atomic mass is 32.1. The minimum Gasteiger partial charge on any atom is -0.353 e. The number of benzene rings is 1. The molecule has 2 atom stereocenters. The molecule has 4 heteroatoms. The standard InChI is InChI=1S/C20H26N2OS/c1-20(2)11-10-18(17(12-20)15-6-4-3-5-7-15)22-19(23)9-8-16-13-24-14-21-16/h3-7,13-14,17-18H,8-12H2,1-2H3,(H,22,23). The van der Waals surface area contributed by atoms with Crippen molar-refractivity contribution in [2.75, 3.05) is 0 Å². The number of aryl methyl sites for hydroxylation is 1. The Bertz CT molecular complexity index is 652. The molecule has 1 aromatic heterocycles. The third kappa shape index (κ3) is 4.44. The van der Waals surface area contributed by atoms with Crippen LogP contribution in [0.3, 0.4) is 0 Å². The molecule has 1 heterocycles. The molecule has 0 saturated heterocycles. The van der Waals surface area contributed by atoms with Crippen LogP contribution in [0.1, 0.15) is 56.7 Å². The normalized spacial score (nSPS) is 22.9. The fourth-order valence-corrected chi connectivity index (χ4v) is 4.28. The molecule has 1 amide bonds. The Morgan fingerprint density at radius 2 is 2.12 bits per heavy atom. The van der Waals surface area contributed by atoms with Crippen molar-refractivity contribution >= 4 is 17.2 Å². The van der Waals surface area contributed by atoms with Crippen LogP contribution in [-0.2, 0) is 11.2 Å². The molecule has 3 rings (SSSR count). The molecule has 1 aliphatic rings. The summed E-state index contributed by atoms with van der Waals surface area (Å²) in [6.07, 6.45) is 4.57. The highest BCUT2D eigenvalue weighted by Crippen LogP contribution is 2.43. The maximum absolute atomic E-state index is 12.4. The highest BCUT2D eigenvalue weighted by molar-refractivity contribution is 7.07. The Labute approximate surface area is 148 Å². The maximum Gasteiger partial charge on any atom is 0.220 e. The lowest BCUT2D eigenvalue weighted by Gasteiger charge is -2.41. The third-order valence-electron chi connectivity index (χ3n) is 5.06. The summed E-state index contributed by atoms with van der Waals surface area (Å²) >= 11 is 1.58. The summed E-state index contributed by atoms with van der Waals surface area (Å²) in [6, 6.07) is 10.9. The van der Waals surface area contributed by atoms with Crippen LogP contribution in [0.5, 0.6) is 0 Å². The number of carbonyl (C=O) groups excluding carboxylic acids is 1. The van der Waals surface area contributed by atoms with E-state index in [1.165, 1.54) is 5.56 Å². The quantitative estimate of drug-likeness (QED) is 0.866. The van der Waals surface area contributed by atoms with Gasteiger partial charge in [0, 0.05) is 23.8 Å². The van der Waals surface area contributed by atoms with Crippen molar-refractivity contribution in [3.8, 4) is 0 Å².